The molecule has 0 bridgehead atoms. The number of carbonyl (C=O) groups excluding carboxylic acids is 1. The van der Waals surface area contributed by atoms with Gasteiger partial charge >= 0.3 is 0 Å². The standard InChI is InChI=1S/C12H25N3O/c1-3-14-12(16)5-7-13-9-11-6-8-15(4-2)10-11/h11,13H,3-10H2,1-2H3,(H,14,16). The van der Waals surface area contributed by atoms with E-state index in [1.807, 2.05) is 6.92 Å². The third kappa shape index (κ3) is 4.94. The summed E-state index contributed by atoms with van der Waals surface area (Å²) < 4.78 is 0. The number of hydrogen-bond acceptors (Lipinski definition) is 3. The summed E-state index contributed by atoms with van der Waals surface area (Å²) in [4.78, 5) is 13.7. The normalized spacial score (nSPS) is 21.2. The Balaban J connectivity index is 1.97. The van der Waals surface area contributed by atoms with E-state index < -0.39 is 0 Å². The van der Waals surface area contributed by atoms with Gasteiger partial charge in [0.25, 0.3) is 0 Å². The third-order valence-corrected chi connectivity index (χ3v) is 3.15. The van der Waals surface area contributed by atoms with Gasteiger partial charge in [-0.3, -0.25) is 4.79 Å². The summed E-state index contributed by atoms with van der Waals surface area (Å²) in [5, 5.41) is 6.18. The van der Waals surface area contributed by atoms with Gasteiger partial charge in [0.1, 0.15) is 0 Å². The fourth-order valence-corrected chi connectivity index (χ4v) is 2.16. The van der Waals surface area contributed by atoms with Gasteiger partial charge in [0.05, 0.1) is 0 Å². The van der Waals surface area contributed by atoms with Gasteiger partial charge < -0.3 is 15.5 Å². The van der Waals surface area contributed by atoms with E-state index in [2.05, 4.69) is 22.5 Å². The summed E-state index contributed by atoms with van der Waals surface area (Å²) in [6.07, 6.45) is 1.89. The number of rotatable bonds is 7. The molecule has 1 aliphatic rings. The summed E-state index contributed by atoms with van der Waals surface area (Å²) in [7, 11) is 0. The van der Waals surface area contributed by atoms with Crippen molar-refractivity contribution in [1.29, 1.82) is 0 Å². The summed E-state index contributed by atoms with van der Waals surface area (Å²) in [5.74, 6) is 0.922. The molecule has 0 aromatic heterocycles. The van der Waals surface area contributed by atoms with Gasteiger partial charge in [-0.2, -0.15) is 0 Å². The lowest BCUT2D eigenvalue weighted by Crippen LogP contribution is -2.30. The zero-order chi connectivity index (χ0) is 11.8. The van der Waals surface area contributed by atoms with E-state index >= 15 is 0 Å². The maximum atomic E-state index is 11.2. The lowest BCUT2D eigenvalue weighted by molar-refractivity contribution is -0.120. The number of amides is 1. The van der Waals surface area contributed by atoms with Gasteiger partial charge in [-0.25, -0.2) is 0 Å². The van der Waals surface area contributed by atoms with Crippen LogP contribution in [0.25, 0.3) is 0 Å². The first kappa shape index (κ1) is 13.5. The predicted molar refractivity (Wildman–Crippen MR) is 66.4 cm³/mol. The van der Waals surface area contributed by atoms with Crippen LogP contribution in [-0.2, 0) is 4.79 Å². The maximum Gasteiger partial charge on any atom is 0.221 e. The summed E-state index contributed by atoms with van der Waals surface area (Å²) >= 11 is 0. The molecule has 0 spiro atoms. The van der Waals surface area contributed by atoms with Crippen LogP contribution in [0.4, 0.5) is 0 Å². The van der Waals surface area contributed by atoms with Crippen molar-refractivity contribution in [2.75, 3.05) is 39.3 Å². The molecule has 94 valence electrons. The van der Waals surface area contributed by atoms with Crippen molar-refractivity contribution in [3.8, 4) is 0 Å². The highest BCUT2D eigenvalue weighted by Gasteiger charge is 2.20. The van der Waals surface area contributed by atoms with E-state index in [9.17, 15) is 4.79 Å². The van der Waals surface area contributed by atoms with Crippen LogP contribution >= 0.6 is 0 Å². The third-order valence-electron chi connectivity index (χ3n) is 3.15. The molecule has 0 aliphatic carbocycles. The molecule has 0 aromatic rings. The van der Waals surface area contributed by atoms with Gasteiger partial charge in [-0.05, 0) is 38.9 Å². The molecule has 1 rings (SSSR count). The van der Waals surface area contributed by atoms with Crippen molar-refractivity contribution in [1.82, 2.24) is 15.5 Å². The van der Waals surface area contributed by atoms with Crippen molar-refractivity contribution in [2.24, 2.45) is 5.92 Å². The molecule has 4 heteroatoms. The second kappa shape index (κ2) is 7.63. The molecule has 1 amide bonds. The Morgan fingerprint density at radius 1 is 1.44 bits per heavy atom. The lowest BCUT2D eigenvalue weighted by Gasteiger charge is -2.13. The van der Waals surface area contributed by atoms with E-state index in [1.165, 1.54) is 19.5 Å². The highest BCUT2D eigenvalue weighted by molar-refractivity contribution is 5.75. The van der Waals surface area contributed by atoms with E-state index in [1.54, 1.807) is 0 Å². The zero-order valence-corrected chi connectivity index (χ0v) is 10.6. The van der Waals surface area contributed by atoms with Crippen LogP contribution in [0.1, 0.15) is 26.7 Å². The van der Waals surface area contributed by atoms with Crippen molar-refractivity contribution >= 4 is 5.91 Å². The number of carbonyl (C=O) groups is 1. The first-order chi connectivity index (χ1) is 7.76. The van der Waals surface area contributed by atoms with Crippen LogP contribution in [-0.4, -0.2) is 50.1 Å². The topological polar surface area (TPSA) is 44.4 Å². The molecule has 2 N–H and O–H groups in total. The summed E-state index contributed by atoms with van der Waals surface area (Å²) in [6, 6.07) is 0. The Morgan fingerprint density at radius 2 is 2.25 bits per heavy atom. The molecule has 1 fully saturated rings. The van der Waals surface area contributed by atoms with Crippen LogP contribution < -0.4 is 10.6 Å². The molecule has 1 saturated heterocycles. The van der Waals surface area contributed by atoms with Crippen LogP contribution in [0.2, 0.25) is 0 Å². The van der Waals surface area contributed by atoms with Crippen LogP contribution in [0, 0.1) is 5.92 Å². The van der Waals surface area contributed by atoms with Gasteiger partial charge in [-0.1, -0.05) is 6.92 Å². The molecule has 1 aliphatic heterocycles. The Kier molecular flexibility index (Phi) is 6.42. The smallest absolute Gasteiger partial charge is 0.221 e. The first-order valence-corrected chi connectivity index (χ1v) is 6.46. The Labute approximate surface area is 98.8 Å². The molecule has 0 aromatic carbocycles. The Hall–Kier alpha value is -0.610. The summed E-state index contributed by atoms with van der Waals surface area (Å²) in [6.45, 7) is 10.4. The van der Waals surface area contributed by atoms with E-state index in [4.69, 9.17) is 0 Å². The Bertz CT molecular complexity index is 208. The SMILES string of the molecule is CCNC(=O)CCNCC1CCN(CC)C1. The minimum atomic E-state index is 0.150. The van der Waals surface area contributed by atoms with E-state index in [-0.39, 0.29) is 5.91 Å². The highest BCUT2D eigenvalue weighted by atomic mass is 16.1. The molecule has 0 saturated carbocycles. The van der Waals surface area contributed by atoms with Crippen LogP contribution in [0.15, 0.2) is 0 Å². The number of nitrogens with one attached hydrogen (secondary N) is 2. The molecule has 1 atom stereocenters. The Morgan fingerprint density at radius 3 is 2.88 bits per heavy atom. The van der Waals surface area contributed by atoms with Gasteiger partial charge in [0.15, 0.2) is 0 Å². The molecule has 16 heavy (non-hydrogen) atoms. The van der Waals surface area contributed by atoms with Crippen molar-refractivity contribution in [2.45, 2.75) is 26.7 Å². The largest absolute Gasteiger partial charge is 0.356 e. The van der Waals surface area contributed by atoms with Gasteiger partial charge in [-0.15, -0.1) is 0 Å². The molecular weight excluding hydrogens is 202 g/mol. The van der Waals surface area contributed by atoms with Crippen LogP contribution in [0.5, 0.6) is 0 Å². The molecule has 1 heterocycles. The highest BCUT2D eigenvalue weighted by Crippen LogP contribution is 2.14. The average molecular weight is 227 g/mol. The lowest BCUT2D eigenvalue weighted by atomic mass is 10.1. The minimum Gasteiger partial charge on any atom is -0.356 e. The molecule has 4 nitrogen and oxygen atoms in total. The maximum absolute atomic E-state index is 11.2. The second-order valence-electron chi connectivity index (χ2n) is 4.46. The zero-order valence-electron chi connectivity index (χ0n) is 10.6. The summed E-state index contributed by atoms with van der Waals surface area (Å²) in [5.41, 5.74) is 0. The first-order valence-electron chi connectivity index (χ1n) is 6.46. The van der Waals surface area contributed by atoms with Crippen molar-refractivity contribution < 1.29 is 4.79 Å². The second-order valence-corrected chi connectivity index (χ2v) is 4.46. The van der Waals surface area contributed by atoms with Gasteiger partial charge in [0.2, 0.25) is 5.91 Å². The predicted octanol–water partition coefficient (Wildman–Crippen LogP) is 0.444. The van der Waals surface area contributed by atoms with Gasteiger partial charge in [0, 0.05) is 26.1 Å². The van der Waals surface area contributed by atoms with E-state index in [0.29, 0.717) is 6.42 Å². The van der Waals surface area contributed by atoms with Crippen molar-refractivity contribution in [3.63, 3.8) is 0 Å². The average Bonchev–Trinajstić information content (AvgIpc) is 2.73. The fraction of sp³-hybridized carbons (Fsp3) is 0.917. The van der Waals surface area contributed by atoms with Crippen molar-refractivity contribution in [3.05, 3.63) is 0 Å². The van der Waals surface area contributed by atoms with E-state index in [0.717, 1.165) is 32.1 Å². The number of nitrogens with zero attached hydrogens (tertiary/aromatic N) is 1. The number of hydrogen-bond donors (Lipinski definition) is 2. The number of likely N-dealkylation sites (tertiary alicyclic amines) is 1. The molecule has 1 unspecified atom stereocenters. The molecule has 0 radical (unpaired) electrons. The monoisotopic (exact) mass is 227 g/mol. The van der Waals surface area contributed by atoms with Crippen LogP contribution in [0.3, 0.4) is 0 Å². The minimum absolute atomic E-state index is 0.150. The quantitative estimate of drug-likeness (QED) is 0.621. The molecular formula is C12H25N3O. The fourth-order valence-electron chi connectivity index (χ4n) is 2.16.